The van der Waals surface area contributed by atoms with E-state index in [1.165, 1.54) is 5.56 Å². The summed E-state index contributed by atoms with van der Waals surface area (Å²) >= 11 is 0. The molecule has 0 fully saturated rings. The van der Waals surface area contributed by atoms with E-state index >= 15 is 0 Å². The van der Waals surface area contributed by atoms with Crippen LogP contribution in [0.15, 0.2) is 41.7 Å². The third-order valence-corrected chi connectivity index (χ3v) is 4.15. The molecule has 0 spiro atoms. The van der Waals surface area contributed by atoms with Crippen molar-refractivity contribution in [2.45, 2.75) is 26.9 Å². The van der Waals surface area contributed by atoms with Gasteiger partial charge in [0, 0.05) is 52.7 Å². The molecule has 1 aromatic heterocycles. The molecule has 6 heteroatoms. The fraction of sp³-hybridized carbons (Fsp3) is 0.421. The molecule has 0 amide bonds. The number of hydrogen-bond donors (Lipinski definition) is 2. The largest absolute Gasteiger partial charge is 0.370 e. The highest BCUT2D eigenvalue weighted by Crippen LogP contribution is 2.20. The summed E-state index contributed by atoms with van der Waals surface area (Å²) in [5.41, 5.74) is 2.72. The van der Waals surface area contributed by atoms with Crippen LogP contribution >= 0.6 is 0 Å². The first-order chi connectivity index (χ1) is 12.1. The lowest BCUT2D eigenvalue weighted by Crippen LogP contribution is -2.36. The van der Waals surface area contributed by atoms with Gasteiger partial charge in [0.25, 0.3) is 0 Å². The number of benzene rings is 1. The van der Waals surface area contributed by atoms with Gasteiger partial charge in [-0.15, -0.1) is 0 Å². The number of hydrogen-bond acceptors (Lipinski definition) is 2. The Balaban J connectivity index is 1.91. The van der Waals surface area contributed by atoms with Crippen LogP contribution in [0.25, 0.3) is 0 Å². The quantitative estimate of drug-likeness (QED) is 0.599. The Bertz CT molecular complexity index is 704. The van der Waals surface area contributed by atoms with E-state index < -0.39 is 0 Å². The normalized spacial score (nSPS) is 11.5. The van der Waals surface area contributed by atoms with Gasteiger partial charge >= 0.3 is 0 Å². The summed E-state index contributed by atoms with van der Waals surface area (Å²) in [6.45, 7) is 6.85. The van der Waals surface area contributed by atoms with E-state index in [2.05, 4.69) is 27.9 Å². The summed E-state index contributed by atoms with van der Waals surface area (Å²) in [5, 5.41) is 6.47. The van der Waals surface area contributed by atoms with Crippen LogP contribution in [0.3, 0.4) is 0 Å². The van der Waals surface area contributed by atoms with Gasteiger partial charge in [-0.05, 0) is 43.2 Å². The summed E-state index contributed by atoms with van der Waals surface area (Å²) in [5.74, 6) is 0.507. The number of aliphatic imine (C=N–C) groups is 1. The maximum atomic E-state index is 14.3. The molecule has 0 aliphatic heterocycles. The average Bonchev–Trinajstić information content (AvgIpc) is 3.03. The van der Waals surface area contributed by atoms with Crippen molar-refractivity contribution < 1.29 is 4.39 Å². The molecule has 0 radical (unpaired) electrons. The number of nitrogens with zero attached hydrogens (tertiary/aromatic N) is 3. The standard InChI is InChI=1S/C19H28FN5/c1-5-25(6-2)18-8-7-15(11-17(18)20)12-22-19(21-3)23-13-16-9-10-24(4)14-16/h7-11,14H,5-6,12-13H2,1-4H3,(H2,21,22,23). The first-order valence-corrected chi connectivity index (χ1v) is 8.66. The van der Waals surface area contributed by atoms with Crippen LogP contribution in [-0.4, -0.2) is 30.7 Å². The Morgan fingerprint density at radius 1 is 1.12 bits per heavy atom. The summed E-state index contributed by atoms with van der Waals surface area (Å²) < 4.78 is 16.3. The minimum atomic E-state index is -0.185. The van der Waals surface area contributed by atoms with E-state index in [4.69, 9.17) is 0 Å². The first-order valence-electron chi connectivity index (χ1n) is 8.66. The average molecular weight is 345 g/mol. The molecular formula is C19H28FN5. The van der Waals surface area contributed by atoms with E-state index in [0.29, 0.717) is 24.7 Å². The van der Waals surface area contributed by atoms with E-state index in [-0.39, 0.29) is 5.82 Å². The lowest BCUT2D eigenvalue weighted by atomic mass is 10.2. The molecule has 0 aliphatic rings. The van der Waals surface area contributed by atoms with Gasteiger partial charge in [0.1, 0.15) is 5.82 Å². The maximum Gasteiger partial charge on any atom is 0.191 e. The molecule has 0 saturated carbocycles. The minimum absolute atomic E-state index is 0.185. The smallest absolute Gasteiger partial charge is 0.191 e. The molecule has 0 saturated heterocycles. The molecule has 0 bridgehead atoms. The first kappa shape index (κ1) is 18.8. The van der Waals surface area contributed by atoms with Gasteiger partial charge in [0.2, 0.25) is 0 Å². The van der Waals surface area contributed by atoms with Gasteiger partial charge in [-0.3, -0.25) is 4.99 Å². The van der Waals surface area contributed by atoms with E-state index in [1.807, 2.05) is 48.7 Å². The second-order valence-electron chi connectivity index (χ2n) is 5.92. The summed E-state index contributed by atoms with van der Waals surface area (Å²) in [6, 6.07) is 7.44. The Kier molecular flexibility index (Phi) is 6.86. The third kappa shape index (κ3) is 5.24. The van der Waals surface area contributed by atoms with Crippen molar-refractivity contribution in [1.29, 1.82) is 0 Å². The number of aromatic nitrogens is 1. The number of guanidine groups is 1. The van der Waals surface area contributed by atoms with Gasteiger partial charge in [0.05, 0.1) is 5.69 Å². The number of nitrogens with one attached hydrogen (secondary N) is 2. The fourth-order valence-electron chi connectivity index (χ4n) is 2.74. The van der Waals surface area contributed by atoms with Crippen molar-refractivity contribution in [3.05, 3.63) is 53.6 Å². The molecule has 2 rings (SSSR count). The van der Waals surface area contributed by atoms with Gasteiger partial charge < -0.3 is 20.1 Å². The summed E-state index contributed by atoms with van der Waals surface area (Å²) in [6.07, 6.45) is 4.06. The minimum Gasteiger partial charge on any atom is -0.370 e. The molecule has 0 aliphatic carbocycles. The maximum absolute atomic E-state index is 14.3. The van der Waals surface area contributed by atoms with Crippen LogP contribution in [0.2, 0.25) is 0 Å². The van der Waals surface area contributed by atoms with Crippen LogP contribution in [-0.2, 0) is 20.1 Å². The summed E-state index contributed by atoms with van der Waals surface area (Å²) in [4.78, 5) is 6.21. The lowest BCUT2D eigenvalue weighted by molar-refractivity contribution is 0.617. The van der Waals surface area contributed by atoms with E-state index in [0.717, 1.165) is 18.7 Å². The van der Waals surface area contributed by atoms with Crippen molar-refractivity contribution >= 4 is 11.6 Å². The number of anilines is 1. The van der Waals surface area contributed by atoms with Crippen LogP contribution in [0.4, 0.5) is 10.1 Å². The zero-order chi connectivity index (χ0) is 18.2. The Morgan fingerprint density at radius 3 is 2.32 bits per heavy atom. The van der Waals surface area contributed by atoms with E-state index in [1.54, 1.807) is 13.1 Å². The fourth-order valence-corrected chi connectivity index (χ4v) is 2.74. The highest BCUT2D eigenvalue weighted by atomic mass is 19.1. The van der Waals surface area contributed by atoms with Gasteiger partial charge in [-0.1, -0.05) is 6.07 Å². The zero-order valence-corrected chi connectivity index (χ0v) is 15.5. The Labute approximate surface area is 149 Å². The summed E-state index contributed by atoms with van der Waals surface area (Å²) in [7, 11) is 3.72. The van der Waals surface area contributed by atoms with Crippen LogP contribution in [0, 0.1) is 5.82 Å². The second-order valence-corrected chi connectivity index (χ2v) is 5.92. The zero-order valence-electron chi connectivity index (χ0n) is 15.5. The monoisotopic (exact) mass is 345 g/mol. The number of halogens is 1. The van der Waals surface area contributed by atoms with Crippen molar-refractivity contribution in [2.75, 3.05) is 25.0 Å². The van der Waals surface area contributed by atoms with Crippen LogP contribution in [0.1, 0.15) is 25.0 Å². The predicted octanol–water partition coefficient (Wildman–Crippen LogP) is 2.88. The second kappa shape index (κ2) is 9.11. The molecule has 0 atom stereocenters. The van der Waals surface area contributed by atoms with Crippen molar-refractivity contribution in [3.63, 3.8) is 0 Å². The SMILES string of the molecule is CCN(CC)c1ccc(CNC(=NC)NCc2ccn(C)c2)cc1F. The molecule has 0 unspecified atom stereocenters. The van der Waals surface area contributed by atoms with Gasteiger partial charge in [0.15, 0.2) is 5.96 Å². The van der Waals surface area contributed by atoms with Gasteiger partial charge in [-0.25, -0.2) is 4.39 Å². The highest BCUT2D eigenvalue weighted by molar-refractivity contribution is 5.79. The Hall–Kier alpha value is -2.50. The van der Waals surface area contributed by atoms with Gasteiger partial charge in [-0.2, -0.15) is 0 Å². The van der Waals surface area contributed by atoms with Crippen molar-refractivity contribution in [3.8, 4) is 0 Å². The van der Waals surface area contributed by atoms with Crippen LogP contribution < -0.4 is 15.5 Å². The van der Waals surface area contributed by atoms with Crippen LogP contribution in [0.5, 0.6) is 0 Å². The molecule has 2 N–H and O–H groups in total. The molecule has 5 nitrogen and oxygen atoms in total. The van der Waals surface area contributed by atoms with E-state index in [9.17, 15) is 4.39 Å². The molecule has 2 aromatic rings. The molecule has 1 heterocycles. The Morgan fingerprint density at radius 2 is 1.80 bits per heavy atom. The molecular weight excluding hydrogens is 317 g/mol. The lowest BCUT2D eigenvalue weighted by Gasteiger charge is -2.22. The number of rotatable bonds is 7. The third-order valence-electron chi connectivity index (χ3n) is 4.15. The molecule has 25 heavy (non-hydrogen) atoms. The number of aryl methyl sites for hydroxylation is 1. The topological polar surface area (TPSA) is 44.6 Å². The van der Waals surface area contributed by atoms with Crippen molar-refractivity contribution in [2.24, 2.45) is 12.0 Å². The molecule has 1 aromatic carbocycles. The van der Waals surface area contributed by atoms with Crippen molar-refractivity contribution in [1.82, 2.24) is 15.2 Å². The predicted molar refractivity (Wildman–Crippen MR) is 102 cm³/mol. The highest BCUT2D eigenvalue weighted by Gasteiger charge is 2.09. The molecule has 136 valence electrons.